The third kappa shape index (κ3) is 2.06. The number of carboxylic acid groups (broad SMARTS) is 1. The molecule has 0 spiro atoms. The van der Waals surface area contributed by atoms with Crippen molar-refractivity contribution in [3.63, 3.8) is 0 Å². The van der Waals surface area contributed by atoms with Gasteiger partial charge in [0, 0.05) is 5.38 Å². The molecule has 14 heavy (non-hydrogen) atoms. The molecule has 1 N–H and O–H groups in total. The SMILES string of the molecule is CC(C(=O)O)c1cscc1C(F)(F)F. The fourth-order valence-corrected chi connectivity index (χ4v) is 1.96. The van der Waals surface area contributed by atoms with Gasteiger partial charge < -0.3 is 5.11 Å². The summed E-state index contributed by atoms with van der Waals surface area (Å²) in [5, 5.41) is 10.7. The molecule has 1 rings (SSSR count). The van der Waals surface area contributed by atoms with E-state index in [-0.39, 0.29) is 5.56 Å². The number of carboxylic acids is 1. The molecule has 1 aromatic heterocycles. The van der Waals surface area contributed by atoms with Crippen molar-refractivity contribution in [2.75, 3.05) is 0 Å². The second-order valence-corrected chi connectivity index (χ2v) is 3.54. The number of hydrogen-bond acceptors (Lipinski definition) is 2. The van der Waals surface area contributed by atoms with Crippen LogP contribution in [0, 0.1) is 0 Å². The molecule has 0 bridgehead atoms. The van der Waals surface area contributed by atoms with Gasteiger partial charge in [-0.25, -0.2) is 0 Å². The molecular weight excluding hydrogens is 217 g/mol. The van der Waals surface area contributed by atoms with Gasteiger partial charge >= 0.3 is 12.1 Å². The molecule has 1 atom stereocenters. The molecule has 0 aliphatic rings. The molecule has 0 aromatic carbocycles. The topological polar surface area (TPSA) is 37.3 Å². The maximum atomic E-state index is 12.3. The Labute approximate surface area is 82.0 Å². The van der Waals surface area contributed by atoms with E-state index in [1.165, 1.54) is 12.3 Å². The van der Waals surface area contributed by atoms with Crippen molar-refractivity contribution in [3.8, 4) is 0 Å². The number of thiophene rings is 1. The first kappa shape index (κ1) is 11.0. The normalized spacial score (nSPS) is 14.0. The fourth-order valence-electron chi connectivity index (χ4n) is 1.01. The van der Waals surface area contributed by atoms with Gasteiger partial charge in [-0.05, 0) is 17.9 Å². The van der Waals surface area contributed by atoms with Crippen LogP contribution in [-0.2, 0) is 11.0 Å². The Morgan fingerprint density at radius 2 is 2.07 bits per heavy atom. The smallest absolute Gasteiger partial charge is 0.417 e. The molecular formula is C8H7F3O2S. The van der Waals surface area contributed by atoms with Crippen LogP contribution in [0.15, 0.2) is 10.8 Å². The molecule has 0 saturated carbocycles. The van der Waals surface area contributed by atoms with E-state index < -0.39 is 23.6 Å². The van der Waals surface area contributed by atoms with E-state index in [0.29, 0.717) is 0 Å². The third-order valence-electron chi connectivity index (χ3n) is 1.83. The molecule has 0 saturated heterocycles. The van der Waals surface area contributed by atoms with Gasteiger partial charge in [-0.3, -0.25) is 4.79 Å². The first-order valence-corrected chi connectivity index (χ1v) is 4.64. The summed E-state index contributed by atoms with van der Waals surface area (Å²) >= 11 is 0.855. The van der Waals surface area contributed by atoms with Gasteiger partial charge in [0.25, 0.3) is 0 Å². The van der Waals surface area contributed by atoms with E-state index in [2.05, 4.69) is 0 Å². The number of carbonyl (C=O) groups is 1. The van der Waals surface area contributed by atoms with Crippen LogP contribution in [0.1, 0.15) is 24.0 Å². The van der Waals surface area contributed by atoms with Crippen LogP contribution < -0.4 is 0 Å². The van der Waals surface area contributed by atoms with Crippen LogP contribution in [-0.4, -0.2) is 11.1 Å². The lowest BCUT2D eigenvalue weighted by molar-refractivity contribution is -0.141. The highest BCUT2D eigenvalue weighted by atomic mass is 32.1. The van der Waals surface area contributed by atoms with Crippen molar-refractivity contribution in [2.24, 2.45) is 0 Å². The van der Waals surface area contributed by atoms with Gasteiger partial charge in [-0.1, -0.05) is 0 Å². The molecule has 1 heterocycles. The highest BCUT2D eigenvalue weighted by Crippen LogP contribution is 2.37. The van der Waals surface area contributed by atoms with Gasteiger partial charge in [-0.15, -0.1) is 0 Å². The first-order chi connectivity index (χ1) is 6.34. The zero-order valence-corrected chi connectivity index (χ0v) is 7.95. The Bertz CT molecular complexity index is 343. The number of rotatable bonds is 2. The van der Waals surface area contributed by atoms with Crippen LogP contribution in [0.2, 0.25) is 0 Å². The van der Waals surface area contributed by atoms with Gasteiger partial charge in [0.2, 0.25) is 0 Å². The van der Waals surface area contributed by atoms with E-state index in [1.807, 2.05) is 0 Å². The summed E-state index contributed by atoms with van der Waals surface area (Å²) in [5.41, 5.74) is -1.02. The molecule has 2 nitrogen and oxygen atoms in total. The van der Waals surface area contributed by atoms with Crippen molar-refractivity contribution in [1.82, 2.24) is 0 Å². The number of hydrogen-bond donors (Lipinski definition) is 1. The molecule has 78 valence electrons. The molecule has 0 radical (unpaired) electrons. The van der Waals surface area contributed by atoms with Crippen LogP contribution in [0.3, 0.4) is 0 Å². The average molecular weight is 224 g/mol. The Hall–Kier alpha value is -1.04. The number of aliphatic carboxylic acids is 1. The van der Waals surface area contributed by atoms with E-state index in [9.17, 15) is 18.0 Å². The molecule has 0 fully saturated rings. The van der Waals surface area contributed by atoms with Gasteiger partial charge in [0.05, 0.1) is 11.5 Å². The summed E-state index contributed by atoms with van der Waals surface area (Å²) in [6.45, 7) is 1.24. The summed E-state index contributed by atoms with van der Waals surface area (Å²) in [6, 6.07) is 0. The minimum absolute atomic E-state index is 0.171. The second-order valence-electron chi connectivity index (χ2n) is 2.80. The molecule has 0 amide bonds. The maximum Gasteiger partial charge on any atom is 0.417 e. The minimum Gasteiger partial charge on any atom is -0.481 e. The van der Waals surface area contributed by atoms with Crippen molar-refractivity contribution < 1.29 is 23.1 Å². The van der Waals surface area contributed by atoms with Crippen molar-refractivity contribution in [2.45, 2.75) is 19.0 Å². The second kappa shape index (κ2) is 3.61. The molecule has 1 unspecified atom stereocenters. The van der Waals surface area contributed by atoms with Gasteiger partial charge in [0.1, 0.15) is 0 Å². The van der Waals surface area contributed by atoms with E-state index >= 15 is 0 Å². The highest BCUT2D eigenvalue weighted by molar-refractivity contribution is 7.08. The summed E-state index contributed by atoms with van der Waals surface area (Å²) in [5.74, 6) is -2.38. The largest absolute Gasteiger partial charge is 0.481 e. The molecule has 0 aliphatic heterocycles. The average Bonchev–Trinajstić information content (AvgIpc) is 2.48. The fraction of sp³-hybridized carbons (Fsp3) is 0.375. The Balaban J connectivity index is 3.11. The van der Waals surface area contributed by atoms with Crippen molar-refractivity contribution in [1.29, 1.82) is 0 Å². The lowest BCUT2D eigenvalue weighted by Crippen LogP contribution is -2.13. The highest BCUT2D eigenvalue weighted by Gasteiger charge is 2.36. The van der Waals surface area contributed by atoms with Gasteiger partial charge in [0.15, 0.2) is 0 Å². The summed E-state index contributed by atoms with van der Waals surface area (Å²) < 4.78 is 37.0. The van der Waals surface area contributed by atoms with Crippen molar-refractivity contribution in [3.05, 3.63) is 21.9 Å². The Morgan fingerprint density at radius 3 is 2.50 bits per heavy atom. The molecule has 0 aliphatic carbocycles. The van der Waals surface area contributed by atoms with E-state index in [4.69, 9.17) is 5.11 Å². The van der Waals surface area contributed by atoms with Gasteiger partial charge in [-0.2, -0.15) is 24.5 Å². The summed E-state index contributed by atoms with van der Waals surface area (Å²) in [4.78, 5) is 10.5. The van der Waals surface area contributed by atoms with Crippen LogP contribution in [0.25, 0.3) is 0 Å². The van der Waals surface area contributed by atoms with Crippen LogP contribution in [0.5, 0.6) is 0 Å². The first-order valence-electron chi connectivity index (χ1n) is 3.70. The maximum absolute atomic E-state index is 12.3. The monoisotopic (exact) mass is 224 g/mol. The lowest BCUT2D eigenvalue weighted by atomic mass is 10.0. The number of halogens is 3. The zero-order valence-electron chi connectivity index (χ0n) is 7.13. The van der Waals surface area contributed by atoms with Crippen molar-refractivity contribution >= 4 is 17.3 Å². The Morgan fingerprint density at radius 1 is 1.50 bits per heavy atom. The third-order valence-corrected chi connectivity index (χ3v) is 2.60. The Kier molecular flexibility index (Phi) is 2.84. The van der Waals surface area contributed by atoms with Crippen LogP contribution >= 0.6 is 11.3 Å². The predicted molar refractivity (Wildman–Crippen MR) is 45.4 cm³/mol. The number of alkyl halides is 3. The molecule has 1 aromatic rings. The van der Waals surface area contributed by atoms with E-state index in [0.717, 1.165) is 16.7 Å². The van der Waals surface area contributed by atoms with Crippen LogP contribution in [0.4, 0.5) is 13.2 Å². The quantitative estimate of drug-likeness (QED) is 0.838. The summed E-state index contributed by atoms with van der Waals surface area (Å²) in [7, 11) is 0. The lowest BCUT2D eigenvalue weighted by Gasteiger charge is -2.10. The predicted octanol–water partition coefficient (Wildman–Crippen LogP) is 2.96. The van der Waals surface area contributed by atoms with E-state index in [1.54, 1.807) is 0 Å². The molecule has 6 heteroatoms. The zero-order chi connectivity index (χ0) is 10.9. The standard InChI is InChI=1S/C8H7F3O2S/c1-4(7(12)13)5-2-14-3-6(5)8(9,10)11/h2-4H,1H3,(H,12,13). The summed E-state index contributed by atoms with van der Waals surface area (Å²) in [6.07, 6.45) is -4.47. The minimum atomic E-state index is -4.47.